The Bertz CT molecular complexity index is 636. The van der Waals surface area contributed by atoms with Crippen molar-refractivity contribution in [2.75, 3.05) is 6.61 Å². The van der Waals surface area contributed by atoms with Crippen LogP contribution in [0.15, 0.2) is 23.7 Å². The number of benzene rings is 1. The molecule has 0 bridgehead atoms. The SMILES string of the molecule is CCCOc1c(F)cc(CCC2CCC(C3CCC(/C=C/Cl)CC3)CC2)cc1F. The lowest BCUT2D eigenvalue weighted by Crippen LogP contribution is -2.25. The van der Waals surface area contributed by atoms with Crippen molar-refractivity contribution in [1.82, 2.24) is 0 Å². The molecule has 2 aliphatic carbocycles. The van der Waals surface area contributed by atoms with Gasteiger partial charge in [0.1, 0.15) is 0 Å². The summed E-state index contributed by atoms with van der Waals surface area (Å²) in [5.74, 6) is 1.75. The summed E-state index contributed by atoms with van der Waals surface area (Å²) in [6.45, 7) is 2.25. The van der Waals surface area contributed by atoms with Gasteiger partial charge in [0.15, 0.2) is 17.4 Å². The molecular weight excluding hydrogens is 390 g/mol. The van der Waals surface area contributed by atoms with Crippen LogP contribution in [0.2, 0.25) is 0 Å². The molecule has 0 N–H and O–H groups in total. The highest BCUT2D eigenvalue weighted by Crippen LogP contribution is 2.42. The minimum absolute atomic E-state index is 0.229. The maximum atomic E-state index is 14.2. The van der Waals surface area contributed by atoms with Crippen LogP contribution in [-0.2, 0) is 6.42 Å². The predicted octanol–water partition coefficient (Wildman–Crippen LogP) is 8.05. The van der Waals surface area contributed by atoms with Crippen molar-refractivity contribution >= 4 is 11.6 Å². The summed E-state index contributed by atoms with van der Waals surface area (Å²) in [7, 11) is 0. The number of hydrogen-bond donors (Lipinski definition) is 0. The second-order valence-corrected chi connectivity index (χ2v) is 9.30. The third kappa shape index (κ3) is 6.44. The molecule has 1 nitrogen and oxygen atoms in total. The third-order valence-corrected chi connectivity index (χ3v) is 7.21. The van der Waals surface area contributed by atoms with Crippen LogP contribution in [0.1, 0.15) is 76.7 Å². The zero-order valence-corrected chi connectivity index (χ0v) is 18.4. The Morgan fingerprint density at radius 3 is 2.10 bits per heavy atom. The summed E-state index contributed by atoms with van der Waals surface area (Å²) in [6, 6.07) is 2.90. The van der Waals surface area contributed by atoms with E-state index in [-0.39, 0.29) is 5.75 Å². The van der Waals surface area contributed by atoms with Crippen LogP contribution in [0.4, 0.5) is 8.78 Å². The van der Waals surface area contributed by atoms with Gasteiger partial charge in [-0.25, -0.2) is 8.78 Å². The average molecular weight is 425 g/mol. The highest BCUT2D eigenvalue weighted by atomic mass is 35.5. The van der Waals surface area contributed by atoms with E-state index in [0.29, 0.717) is 18.4 Å². The number of aryl methyl sites for hydroxylation is 1. The minimum Gasteiger partial charge on any atom is -0.488 e. The van der Waals surface area contributed by atoms with Crippen molar-refractivity contribution in [2.45, 2.75) is 77.6 Å². The Morgan fingerprint density at radius 1 is 0.966 bits per heavy atom. The molecule has 162 valence electrons. The van der Waals surface area contributed by atoms with Gasteiger partial charge in [-0.2, -0.15) is 0 Å². The largest absolute Gasteiger partial charge is 0.488 e. The predicted molar refractivity (Wildman–Crippen MR) is 116 cm³/mol. The normalized spacial score (nSPS) is 28.0. The van der Waals surface area contributed by atoms with Gasteiger partial charge in [0.05, 0.1) is 6.61 Å². The first-order valence-electron chi connectivity index (χ1n) is 11.5. The maximum Gasteiger partial charge on any atom is 0.190 e. The monoisotopic (exact) mass is 424 g/mol. The molecule has 29 heavy (non-hydrogen) atoms. The van der Waals surface area contributed by atoms with Crippen molar-refractivity contribution in [1.29, 1.82) is 0 Å². The second kappa shape index (κ2) is 11.3. The van der Waals surface area contributed by atoms with Crippen molar-refractivity contribution in [3.63, 3.8) is 0 Å². The van der Waals surface area contributed by atoms with Gasteiger partial charge in [0.25, 0.3) is 0 Å². The van der Waals surface area contributed by atoms with Crippen molar-refractivity contribution in [3.05, 3.63) is 40.9 Å². The molecule has 4 heteroatoms. The number of rotatable bonds is 8. The van der Waals surface area contributed by atoms with Crippen LogP contribution in [0.25, 0.3) is 0 Å². The first-order chi connectivity index (χ1) is 14.1. The third-order valence-electron chi connectivity index (χ3n) is 7.07. The summed E-state index contributed by atoms with van der Waals surface area (Å²) in [5.41, 5.74) is 2.43. The van der Waals surface area contributed by atoms with Crippen LogP contribution >= 0.6 is 11.6 Å². The topological polar surface area (TPSA) is 9.23 Å². The highest BCUT2D eigenvalue weighted by Gasteiger charge is 2.30. The molecule has 2 fully saturated rings. The second-order valence-electron chi connectivity index (χ2n) is 9.05. The fraction of sp³-hybridized carbons (Fsp3) is 0.680. The van der Waals surface area contributed by atoms with E-state index < -0.39 is 11.6 Å². The lowest BCUT2D eigenvalue weighted by atomic mass is 9.68. The number of ether oxygens (including phenoxy) is 1. The Kier molecular flexibility index (Phi) is 8.84. The Labute approximate surface area is 179 Å². The quantitative estimate of drug-likeness (QED) is 0.410. The van der Waals surface area contributed by atoms with Crippen LogP contribution in [0.3, 0.4) is 0 Å². The van der Waals surface area contributed by atoms with Gasteiger partial charge >= 0.3 is 0 Å². The molecule has 0 heterocycles. The maximum absolute atomic E-state index is 14.2. The smallest absolute Gasteiger partial charge is 0.190 e. The highest BCUT2D eigenvalue weighted by molar-refractivity contribution is 6.25. The minimum atomic E-state index is -0.572. The molecule has 0 aromatic heterocycles. The standard InChI is InChI=1S/C25H35ClF2O/c1-2-15-29-25-23(27)16-20(17-24(25)28)4-3-18-5-9-21(10-6-18)22-11-7-19(8-12-22)13-14-26/h13-14,16-19,21-22H,2-12,15H2,1H3/b14-13+. The molecule has 0 unspecified atom stereocenters. The number of hydrogen-bond acceptors (Lipinski definition) is 1. The molecule has 0 spiro atoms. The van der Waals surface area contributed by atoms with Crippen LogP contribution in [0.5, 0.6) is 5.75 Å². The fourth-order valence-corrected chi connectivity index (χ4v) is 5.54. The zero-order chi connectivity index (χ0) is 20.6. The molecule has 1 aromatic rings. The molecule has 0 aliphatic heterocycles. The van der Waals surface area contributed by atoms with Crippen LogP contribution in [0, 0.1) is 35.3 Å². The molecule has 0 radical (unpaired) electrons. The Morgan fingerprint density at radius 2 is 1.55 bits per heavy atom. The van der Waals surface area contributed by atoms with Gasteiger partial charge in [-0.1, -0.05) is 37.4 Å². The zero-order valence-electron chi connectivity index (χ0n) is 17.6. The molecule has 2 aliphatic rings. The van der Waals surface area contributed by atoms with Crippen molar-refractivity contribution in [2.24, 2.45) is 23.7 Å². The van der Waals surface area contributed by atoms with E-state index in [1.54, 1.807) is 5.54 Å². The first-order valence-corrected chi connectivity index (χ1v) is 11.9. The molecular formula is C25H35ClF2O. The van der Waals surface area contributed by atoms with Gasteiger partial charge in [-0.05, 0) is 99.2 Å². The number of allylic oxidation sites excluding steroid dienone is 1. The average Bonchev–Trinajstić information content (AvgIpc) is 2.73. The molecule has 0 amide bonds. The first kappa shape index (κ1) is 22.6. The fourth-order valence-electron chi connectivity index (χ4n) is 5.33. The summed E-state index contributed by atoms with van der Waals surface area (Å²) in [5, 5.41) is 0. The number of halogens is 3. The van der Waals surface area contributed by atoms with E-state index in [2.05, 4.69) is 6.08 Å². The van der Waals surface area contributed by atoms with Gasteiger partial charge in [0.2, 0.25) is 0 Å². The molecule has 0 saturated heterocycles. The van der Waals surface area contributed by atoms with Gasteiger partial charge < -0.3 is 4.74 Å². The van der Waals surface area contributed by atoms with E-state index in [0.717, 1.165) is 36.7 Å². The Balaban J connectivity index is 1.42. The molecule has 0 atom stereocenters. The van der Waals surface area contributed by atoms with Crippen molar-refractivity contribution < 1.29 is 13.5 Å². The molecule has 1 aromatic carbocycles. The van der Waals surface area contributed by atoms with Crippen LogP contribution in [-0.4, -0.2) is 6.61 Å². The van der Waals surface area contributed by atoms with Gasteiger partial charge in [0, 0.05) is 5.54 Å². The van der Waals surface area contributed by atoms with Crippen molar-refractivity contribution in [3.8, 4) is 5.75 Å². The lowest BCUT2D eigenvalue weighted by Gasteiger charge is -2.37. The summed E-state index contributed by atoms with van der Waals surface area (Å²) in [6.07, 6.45) is 15.0. The molecule has 3 rings (SSSR count). The van der Waals surface area contributed by atoms with Gasteiger partial charge in [-0.15, -0.1) is 0 Å². The lowest BCUT2D eigenvalue weighted by molar-refractivity contribution is 0.152. The summed E-state index contributed by atoms with van der Waals surface area (Å²) < 4.78 is 33.5. The van der Waals surface area contributed by atoms with E-state index in [1.165, 1.54) is 63.5 Å². The van der Waals surface area contributed by atoms with Gasteiger partial charge in [-0.3, -0.25) is 0 Å². The summed E-state index contributed by atoms with van der Waals surface area (Å²) in [4.78, 5) is 0. The van der Waals surface area contributed by atoms with Crippen LogP contribution < -0.4 is 4.74 Å². The van der Waals surface area contributed by atoms with E-state index in [4.69, 9.17) is 16.3 Å². The summed E-state index contributed by atoms with van der Waals surface area (Å²) >= 11 is 5.73. The molecule has 2 saturated carbocycles. The van der Waals surface area contributed by atoms with E-state index >= 15 is 0 Å². The Hall–Kier alpha value is -1.09. The van der Waals surface area contributed by atoms with E-state index in [9.17, 15) is 8.78 Å². The van der Waals surface area contributed by atoms with E-state index in [1.807, 2.05) is 6.92 Å².